The van der Waals surface area contributed by atoms with Crippen LogP contribution in [0.5, 0.6) is 0 Å². The van der Waals surface area contributed by atoms with Gasteiger partial charge in [0.05, 0.1) is 10.7 Å². The topological polar surface area (TPSA) is 29.1 Å². The standard InChI is InChI=1S/C17H24ClNO/c1-3-5-6-7-8-11-14(4-2)17(20)19-16-13-10-9-12-15(16)18/h3,5,9-10,12-14H,4,6-8,11H2,1-2H3,(H,19,20). The van der Waals surface area contributed by atoms with Crippen LogP contribution in [0.1, 0.15) is 46.0 Å². The van der Waals surface area contributed by atoms with E-state index in [1.165, 1.54) is 0 Å². The summed E-state index contributed by atoms with van der Waals surface area (Å²) in [4.78, 5) is 12.2. The average Bonchev–Trinajstić information content (AvgIpc) is 2.45. The predicted molar refractivity (Wildman–Crippen MR) is 87.1 cm³/mol. The van der Waals surface area contributed by atoms with Crippen LogP contribution in [0, 0.1) is 5.92 Å². The third kappa shape index (κ3) is 5.79. The van der Waals surface area contributed by atoms with Gasteiger partial charge in [-0.2, -0.15) is 0 Å². The van der Waals surface area contributed by atoms with Gasteiger partial charge in [0.2, 0.25) is 5.91 Å². The van der Waals surface area contributed by atoms with Gasteiger partial charge in [-0.1, -0.05) is 49.2 Å². The second kappa shape index (κ2) is 9.60. The Morgan fingerprint density at radius 2 is 2.10 bits per heavy atom. The third-order valence-electron chi connectivity index (χ3n) is 3.40. The number of amides is 1. The highest BCUT2D eigenvalue weighted by Gasteiger charge is 2.16. The number of rotatable bonds is 8. The number of carbonyl (C=O) groups is 1. The van der Waals surface area contributed by atoms with Crippen LogP contribution in [0.15, 0.2) is 36.4 Å². The number of carbonyl (C=O) groups excluding carboxylic acids is 1. The molecule has 1 aromatic rings. The van der Waals surface area contributed by atoms with Crippen LogP contribution >= 0.6 is 11.6 Å². The molecule has 1 amide bonds. The highest BCUT2D eigenvalue weighted by molar-refractivity contribution is 6.33. The average molecular weight is 294 g/mol. The fourth-order valence-corrected chi connectivity index (χ4v) is 2.32. The molecule has 0 fully saturated rings. The Bertz CT molecular complexity index is 442. The van der Waals surface area contributed by atoms with Crippen molar-refractivity contribution in [3.05, 3.63) is 41.4 Å². The van der Waals surface area contributed by atoms with E-state index < -0.39 is 0 Å². The van der Waals surface area contributed by atoms with E-state index in [4.69, 9.17) is 11.6 Å². The number of allylic oxidation sites excluding steroid dienone is 2. The normalized spacial score (nSPS) is 12.6. The van der Waals surface area contributed by atoms with Crippen molar-refractivity contribution in [1.29, 1.82) is 0 Å². The van der Waals surface area contributed by atoms with E-state index in [9.17, 15) is 4.79 Å². The van der Waals surface area contributed by atoms with Crippen LogP contribution < -0.4 is 5.32 Å². The van der Waals surface area contributed by atoms with Crippen LogP contribution in [0.3, 0.4) is 0 Å². The zero-order valence-electron chi connectivity index (χ0n) is 12.4. The summed E-state index contributed by atoms with van der Waals surface area (Å²) in [5.74, 6) is 0.142. The molecule has 0 saturated heterocycles. The maximum Gasteiger partial charge on any atom is 0.227 e. The Morgan fingerprint density at radius 3 is 2.75 bits per heavy atom. The zero-order chi connectivity index (χ0) is 14.8. The largest absolute Gasteiger partial charge is 0.325 e. The number of halogens is 1. The van der Waals surface area contributed by atoms with Crippen molar-refractivity contribution < 1.29 is 4.79 Å². The summed E-state index contributed by atoms with van der Waals surface area (Å²) in [6.45, 7) is 4.09. The second-order valence-corrected chi connectivity index (χ2v) is 5.33. The molecule has 20 heavy (non-hydrogen) atoms. The molecule has 0 heterocycles. The predicted octanol–water partition coefficient (Wildman–Crippen LogP) is 5.44. The lowest BCUT2D eigenvalue weighted by atomic mass is 9.97. The molecule has 0 saturated carbocycles. The van der Waals surface area contributed by atoms with Gasteiger partial charge in [-0.15, -0.1) is 0 Å². The number of hydrogen-bond donors (Lipinski definition) is 1. The van der Waals surface area contributed by atoms with Crippen molar-refractivity contribution in [2.24, 2.45) is 5.92 Å². The molecule has 0 bridgehead atoms. The number of para-hydroxylation sites is 1. The SMILES string of the molecule is CC=CCCCCC(CC)C(=O)Nc1ccccc1Cl. The summed E-state index contributed by atoms with van der Waals surface area (Å²) in [7, 11) is 0. The molecule has 2 nitrogen and oxygen atoms in total. The molecular weight excluding hydrogens is 270 g/mol. The monoisotopic (exact) mass is 293 g/mol. The Hall–Kier alpha value is -1.28. The van der Waals surface area contributed by atoms with Crippen molar-refractivity contribution in [3.63, 3.8) is 0 Å². The van der Waals surface area contributed by atoms with Gasteiger partial charge < -0.3 is 5.32 Å². The van der Waals surface area contributed by atoms with Gasteiger partial charge in [0, 0.05) is 5.92 Å². The van der Waals surface area contributed by atoms with Gasteiger partial charge in [-0.05, 0) is 44.7 Å². The summed E-state index contributed by atoms with van der Waals surface area (Å²) >= 11 is 6.06. The molecule has 1 unspecified atom stereocenters. The Kier molecular flexibility index (Phi) is 8.05. The van der Waals surface area contributed by atoms with Gasteiger partial charge in [0.1, 0.15) is 0 Å². The zero-order valence-corrected chi connectivity index (χ0v) is 13.1. The molecular formula is C17H24ClNO. The van der Waals surface area contributed by atoms with E-state index in [0.29, 0.717) is 10.7 Å². The molecule has 0 aliphatic carbocycles. The van der Waals surface area contributed by atoms with Crippen LogP contribution in [-0.4, -0.2) is 5.91 Å². The second-order valence-electron chi connectivity index (χ2n) is 4.93. The van der Waals surface area contributed by atoms with Gasteiger partial charge in [0.25, 0.3) is 0 Å². The fourth-order valence-electron chi connectivity index (χ4n) is 2.14. The van der Waals surface area contributed by atoms with E-state index in [1.807, 2.05) is 25.1 Å². The third-order valence-corrected chi connectivity index (χ3v) is 3.73. The summed E-state index contributed by atoms with van der Waals surface area (Å²) in [6, 6.07) is 7.35. The van der Waals surface area contributed by atoms with E-state index in [2.05, 4.69) is 24.4 Å². The van der Waals surface area contributed by atoms with Crippen LogP contribution in [-0.2, 0) is 4.79 Å². The van der Waals surface area contributed by atoms with E-state index in [1.54, 1.807) is 6.07 Å². The van der Waals surface area contributed by atoms with Crippen molar-refractivity contribution in [2.75, 3.05) is 5.32 Å². The quantitative estimate of drug-likeness (QED) is 0.502. The summed E-state index contributed by atoms with van der Waals surface area (Å²) < 4.78 is 0. The van der Waals surface area contributed by atoms with Crippen molar-refractivity contribution in [2.45, 2.75) is 46.0 Å². The van der Waals surface area contributed by atoms with Crippen LogP contribution in [0.2, 0.25) is 5.02 Å². The summed E-state index contributed by atoms with van der Waals surface area (Å²) in [5, 5.41) is 3.52. The highest BCUT2D eigenvalue weighted by atomic mass is 35.5. The first-order valence-electron chi connectivity index (χ1n) is 7.35. The molecule has 1 atom stereocenters. The van der Waals surface area contributed by atoms with Crippen molar-refractivity contribution in [1.82, 2.24) is 0 Å². The van der Waals surface area contributed by atoms with E-state index in [0.717, 1.165) is 32.1 Å². The maximum absolute atomic E-state index is 12.2. The van der Waals surface area contributed by atoms with Gasteiger partial charge in [-0.3, -0.25) is 4.79 Å². The minimum atomic E-state index is 0.0666. The van der Waals surface area contributed by atoms with Crippen LogP contribution in [0.25, 0.3) is 0 Å². The maximum atomic E-state index is 12.2. The number of benzene rings is 1. The lowest BCUT2D eigenvalue weighted by Gasteiger charge is -2.15. The molecule has 1 rings (SSSR count). The number of nitrogens with one attached hydrogen (secondary N) is 1. The molecule has 1 aromatic carbocycles. The Labute approximate surface area is 127 Å². The van der Waals surface area contributed by atoms with Gasteiger partial charge in [-0.25, -0.2) is 0 Å². The molecule has 0 aliphatic rings. The smallest absolute Gasteiger partial charge is 0.227 e. The molecule has 0 aromatic heterocycles. The molecule has 0 spiro atoms. The highest BCUT2D eigenvalue weighted by Crippen LogP contribution is 2.23. The van der Waals surface area contributed by atoms with Crippen molar-refractivity contribution >= 4 is 23.2 Å². The first-order valence-corrected chi connectivity index (χ1v) is 7.73. The van der Waals surface area contributed by atoms with Crippen molar-refractivity contribution in [3.8, 4) is 0 Å². The minimum Gasteiger partial charge on any atom is -0.325 e. The molecule has 110 valence electrons. The molecule has 3 heteroatoms. The van der Waals surface area contributed by atoms with Crippen LogP contribution in [0.4, 0.5) is 5.69 Å². The molecule has 0 radical (unpaired) electrons. The van der Waals surface area contributed by atoms with Gasteiger partial charge in [0.15, 0.2) is 0 Å². The molecule has 0 aliphatic heterocycles. The Balaban J connectivity index is 2.44. The number of anilines is 1. The van der Waals surface area contributed by atoms with E-state index in [-0.39, 0.29) is 11.8 Å². The molecule has 1 N–H and O–H groups in total. The minimum absolute atomic E-state index is 0.0666. The summed E-state index contributed by atoms with van der Waals surface area (Å²) in [6.07, 6.45) is 9.36. The van der Waals surface area contributed by atoms with Gasteiger partial charge >= 0.3 is 0 Å². The first-order chi connectivity index (χ1) is 9.69. The lowest BCUT2D eigenvalue weighted by molar-refractivity contribution is -0.120. The fraction of sp³-hybridized carbons (Fsp3) is 0.471. The lowest BCUT2D eigenvalue weighted by Crippen LogP contribution is -2.22. The number of unbranched alkanes of at least 4 members (excludes halogenated alkanes) is 2. The number of hydrogen-bond acceptors (Lipinski definition) is 1. The first kappa shape index (κ1) is 16.8. The Morgan fingerprint density at radius 1 is 1.35 bits per heavy atom. The summed E-state index contributed by atoms with van der Waals surface area (Å²) in [5.41, 5.74) is 0.700. The van der Waals surface area contributed by atoms with E-state index >= 15 is 0 Å².